The standard InChI is InChI=1S/C11H15N5/c1-7-8(2)15-16(9(7)3)11-6-13-5-10(12-4)14-11/h5-6H,1-4H3,(H,12,14). The highest BCUT2D eigenvalue weighted by atomic mass is 15.3. The van der Waals surface area contributed by atoms with Gasteiger partial charge in [0.05, 0.1) is 18.1 Å². The van der Waals surface area contributed by atoms with E-state index in [1.54, 1.807) is 12.4 Å². The van der Waals surface area contributed by atoms with E-state index < -0.39 is 0 Å². The van der Waals surface area contributed by atoms with Crippen molar-refractivity contribution < 1.29 is 0 Å². The van der Waals surface area contributed by atoms with Crippen molar-refractivity contribution in [2.24, 2.45) is 0 Å². The van der Waals surface area contributed by atoms with Gasteiger partial charge in [0.15, 0.2) is 5.82 Å². The fourth-order valence-electron chi connectivity index (χ4n) is 1.52. The molecule has 2 aromatic rings. The zero-order valence-electron chi connectivity index (χ0n) is 9.94. The average molecular weight is 217 g/mol. The third-order valence-corrected chi connectivity index (χ3v) is 2.75. The van der Waals surface area contributed by atoms with Crippen LogP contribution < -0.4 is 5.32 Å². The minimum atomic E-state index is 0.737. The quantitative estimate of drug-likeness (QED) is 0.830. The summed E-state index contributed by atoms with van der Waals surface area (Å²) in [4.78, 5) is 8.53. The summed E-state index contributed by atoms with van der Waals surface area (Å²) >= 11 is 0. The molecule has 0 saturated carbocycles. The van der Waals surface area contributed by atoms with E-state index in [0.29, 0.717) is 0 Å². The third kappa shape index (κ3) is 1.64. The Kier molecular flexibility index (Phi) is 2.60. The first-order valence-corrected chi connectivity index (χ1v) is 5.16. The maximum atomic E-state index is 4.44. The van der Waals surface area contributed by atoms with Crippen LogP contribution in [0.5, 0.6) is 0 Å². The Morgan fingerprint density at radius 2 is 1.94 bits per heavy atom. The summed E-state index contributed by atoms with van der Waals surface area (Å²) in [5, 5.41) is 7.41. The number of anilines is 1. The van der Waals surface area contributed by atoms with Crippen LogP contribution in [0.2, 0.25) is 0 Å². The van der Waals surface area contributed by atoms with Gasteiger partial charge in [-0.3, -0.25) is 4.98 Å². The highest BCUT2D eigenvalue weighted by molar-refractivity contribution is 5.37. The van der Waals surface area contributed by atoms with Gasteiger partial charge >= 0.3 is 0 Å². The molecule has 16 heavy (non-hydrogen) atoms. The fourth-order valence-corrected chi connectivity index (χ4v) is 1.52. The molecule has 0 amide bonds. The number of hydrogen-bond acceptors (Lipinski definition) is 4. The van der Waals surface area contributed by atoms with Gasteiger partial charge in [-0.15, -0.1) is 0 Å². The van der Waals surface area contributed by atoms with Crippen LogP contribution in [0.3, 0.4) is 0 Å². The molecular weight excluding hydrogens is 202 g/mol. The molecule has 2 rings (SSSR count). The first kappa shape index (κ1) is 10.6. The van der Waals surface area contributed by atoms with Crippen LogP contribution in [0.4, 0.5) is 5.82 Å². The lowest BCUT2D eigenvalue weighted by Gasteiger charge is -2.04. The van der Waals surface area contributed by atoms with E-state index in [-0.39, 0.29) is 0 Å². The minimum absolute atomic E-state index is 0.737. The molecule has 5 nitrogen and oxygen atoms in total. The SMILES string of the molecule is CNc1cncc(-n2nc(C)c(C)c2C)n1. The molecule has 0 radical (unpaired) electrons. The first-order chi connectivity index (χ1) is 7.63. The van der Waals surface area contributed by atoms with Gasteiger partial charge in [-0.05, 0) is 26.3 Å². The predicted octanol–water partition coefficient (Wildman–Crippen LogP) is 1.63. The second-order valence-electron chi connectivity index (χ2n) is 3.72. The summed E-state index contributed by atoms with van der Waals surface area (Å²) in [7, 11) is 1.82. The number of aryl methyl sites for hydroxylation is 1. The Hall–Kier alpha value is -1.91. The van der Waals surface area contributed by atoms with Crippen LogP contribution in [0.25, 0.3) is 5.82 Å². The molecule has 1 N–H and O–H groups in total. The summed E-state index contributed by atoms with van der Waals surface area (Å²) in [6, 6.07) is 0. The van der Waals surface area contributed by atoms with Crippen LogP contribution in [-0.4, -0.2) is 26.8 Å². The molecular formula is C11H15N5. The highest BCUT2D eigenvalue weighted by Crippen LogP contribution is 2.15. The molecule has 0 spiro atoms. The molecule has 0 aromatic carbocycles. The molecule has 0 bridgehead atoms. The van der Waals surface area contributed by atoms with Crippen LogP contribution in [0, 0.1) is 20.8 Å². The van der Waals surface area contributed by atoms with Gasteiger partial charge in [0.25, 0.3) is 0 Å². The van der Waals surface area contributed by atoms with Gasteiger partial charge in [-0.2, -0.15) is 5.10 Å². The molecule has 5 heteroatoms. The van der Waals surface area contributed by atoms with E-state index in [0.717, 1.165) is 23.0 Å². The van der Waals surface area contributed by atoms with E-state index in [4.69, 9.17) is 0 Å². The lowest BCUT2D eigenvalue weighted by Crippen LogP contribution is -2.05. The van der Waals surface area contributed by atoms with Gasteiger partial charge in [0, 0.05) is 12.7 Å². The Bertz CT molecular complexity index is 515. The van der Waals surface area contributed by atoms with Gasteiger partial charge in [0.2, 0.25) is 0 Å². The second kappa shape index (κ2) is 3.92. The van der Waals surface area contributed by atoms with Gasteiger partial charge < -0.3 is 5.32 Å². The number of aromatic nitrogens is 4. The summed E-state index contributed by atoms with van der Waals surface area (Å²) < 4.78 is 1.82. The predicted molar refractivity (Wildman–Crippen MR) is 62.9 cm³/mol. The number of nitrogens with one attached hydrogen (secondary N) is 1. The zero-order valence-corrected chi connectivity index (χ0v) is 9.94. The summed E-state index contributed by atoms with van der Waals surface area (Å²) in [5.41, 5.74) is 3.31. The van der Waals surface area contributed by atoms with Crippen molar-refractivity contribution in [2.75, 3.05) is 12.4 Å². The second-order valence-corrected chi connectivity index (χ2v) is 3.72. The van der Waals surface area contributed by atoms with Crippen LogP contribution >= 0.6 is 0 Å². The monoisotopic (exact) mass is 217 g/mol. The van der Waals surface area contributed by atoms with Gasteiger partial charge in [-0.1, -0.05) is 0 Å². The Morgan fingerprint density at radius 3 is 2.50 bits per heavy atom. The maximum absolute atomic E-state index is 4.44. The molecule has 0 aliphatic rings. The molecule has 2 heterocycles. The lowest BCUT2D eigenvalue weighted by atomic mass is 10.2. The Balaban J connectivity index is 2.54. The molecule has 0 atom stereocenters. The van der Waals surface area contributed by atoms with Crippen molar-refractivity contribution in [3.8, 4) is 5.82 Å². The summed E-state index contributed by atoms with van der Waals surface area (Å²) in [6.07, 6.45) is 3.39. The molecule has 0 aliphatic carbocycles. The summed E-state index contributed by atoms with van der Waals surface area (Å²) in [6.45, 7) is 6.08. The number of nitrogens with zero attached hydrogens (tertiary/aromatic N) is 4. The van der Waals surface area contributed by atoms with Gasteiger partial charge in [-0.25, -0.2) is 9.67 Å². The van der Waals surface area contributed by atoms with E-state index >= 15 is 0 Å². The third-order valence-electron chi connectivity index (χ3n) is 2.75. The molecule has 0 aliphatic heterocycles. The largest absolute Gasteiger partial charge is 0.372 e. The van der Waals surface area contributed by atoms with Crippen molar-refractivity contribution in [3.63, 3.8) is 0 Å². The smallest absolute Gasteiger partial charge is 0.174 e. The van der Waals surface area contributed by atoms with E-state index in [2.05, 4.69) is 27.3 Å². The minimum Gasteiger partial charge on any atom is -0.372 e. The van der Waals surface area contributed by atoms with Crippen molar-refractivity contribution in [3.05, 3.63) is 29.3 Å². The van der Waals surface area contributed by atoms with Crippen LogP contribution in [0.1, 0.15) is 17.0 Å². The summed E-state index contributed by atoms with van der Waals surface area (Å²) in [5.74, 6) is 1.48. The van der Waals surface area contributed by atoms with E-state index in [9.17, 15) is 0 Å². The van der Waals surface area contributed by atoms with E-state index in [1.807, 2.05) is 25.6 Å². The van der Waals surface area contributed by atoms with Crippen LogP contribution in [0.15, 0.2) is 12.4 Å². The van der Waals surface area contributed by atoms with Crippen molar-refractivity contribution >= 4 is 5.82 Å². The number of rotatable bonds is 2. The molecule has 0 fully saturated rings. The first-order valence-electron chi connectivity index (χ1n) is 5.16. The molecule has 0 saturated heterocycles. The van der Waals surface area contributed by atoms with Crippen molar-refractivity contribution in [1.82, 2.24) is 19.7 Å². The zero-order chi connectivity index (χ0) is 11.7. The van der Waals surface area contributed by atoms with E-state index in [1.165, 1.54) is 5.56 Å². The fraction of sp³-hybridized carbons (Fsp3) is 0.364. The maximum Gasteiger partial charge on any atom is 0.174 e. The molecule has 84 valence electrons. The lowest BCUT2D eigenvalue weighted by molar-refractivity contribution is 0.800. The Morgan fingerprint density at radius 1 is 1.19 bits per heavy atom. The molecule has 2 aromatic heterocycles. The topological polar surface area (TPSA) is 55.6 Å². The number of hydrogen-bond donors (Lipinski definition) is 1. The molecule has 0 unspecified atom stereocenters. The Labute approximate surface area is 94.5 Å². The van der Waals surface area contributed by atoms with Crippen molar-refractivity contribution in [2.45, 2.75) is 20.8 Å². The van der Waals surface area contributed by atoms with Crippen LogP contribution in [-0.2, 0) is 0 Å². The average Bonchev–Trinajstić information content (AvgIpc) is 2.57. The highest BCUT2D eigenvalue weighted by Gasteiger charge is 2.10. The van der Waals surface area contributed by atoms with Crippen molar-refractivity contribution in [1.29, 1.82) is 0 Å². The van der Waals surface area contributed by atoms with Gasteiger partial charge in [0.1, 0.15) is 5.82 Å². The normalized spacial score (nSPS) is 10.5.